The van der Waals surface area contributed by atoms with E-state index in [1.807, 2.05) is 49.4 Å². The highest BCUT2D eigenvalue weighted by Gasteiger charge is 2.15. The van der Waals surface area contributed by atoms with Gasteiger partial charge in [-0.2, -0.15) is 0 Å². The second-order valence-corrected chi connectivity index (χ2v) is 6.99. The lowest BCUT2D eigenvalue weighted by Gasteiger charge is -2.16. The van der Waals surface area contributed by atoms with Gasteiger partial charge in [0.25, 0.3) is 11.8 Å². The normalized spacial score (nSPS) is 11.4. The second-order valence-electron chi connectivity index (χ2n) is 6.99. The van der Waals surface area contributed by atoms with Crippen LogP contribution >= 0.6 is 0 Å². The van der Waals surface area contributed by atoms with Crippen molar-refractivity contribution >= 4 is 17.5 Å². The van der Waals surface area contributed by atoms with E-state index in [1.54, 1.807) is 24.3 Å². The Morgan fingerprint density at radius 2 is 1.57 bits per heavy atom. The van der Waals surface area contributed by atoms with Crippen LogP contribution in [-0.2, 0) is 11.2 Å². The summed E-state index contributed by atoms with van der Waals surface area (Å²) in [6.07, 6.45) is 0.978. The van der Waals surface area contributed by atoms with Crippen LogP contribution in [0.4, 0.5) is 5.69 Å². The number of carbonyl (C=O) groups excluding carboxylic acids is 2. The largest absolute Gasteiger partial charge is 0.483 e. The molecule has 0 bridgehead atoms. The number of hydrogen-bond donors (Lipinski definition) is 2. The monoisotopic (exact) mass is 402 g/mol. The molecule has 3 aromatic carbocycles. The van der Waals surface area contributed by atoms with E-state index < -0.39 is 0 Å². The zero-order valence-corrected chi connectivity index (χ0v) is 17.2. The molecule has 0 aliphatic carbocycles. The van der Waals surface area contributed by atoms with E-state index in [0.717, 1.165) is 12.0 Å². The minimum Gasteiger partial charge on any atom is -0.483 e. The van der Waals surface area contributed by atoms with Gasteiger partial charge < -0.3 is 15.4 Å². The summed E-state index contributed by atoms with van der Waals surface area (Å²) < 4.78 is 5.66. The average Bonchev–Trinajstić information content (AvgIpc) is 2.78. The molecule has 0 heterocycles. The maximum absolute atomic E-state index is 12.6. The zero-order valence-electron chi connectivity index (χ0n) is 17.2. The van der Waals surface area contributed by atoms with Crippen LogP contribution in [-0.4, -0.2) is 18.4 Å². The van der Waals surface area contributed by atoms with Gasteiger partial charge in [-0.15, -0.1) is 0 Å². The molecule has 154 valence electrons. The Balaban J connectivity index is 1.58. The van der Waals surface area contributed by atoms with Crippen LogP contribution < -0.4 is 15.4 Å². The lowest BCUT2D eigenvalue weighted by atomic mass is 10.1. The molecule has 0 saturated carbocycles. The summed E-state index contributed by atoms with van der Waals surface area (Å²) in [7, 11) is 0. The summed E-state index contributed by atoms with van der Waals surface area (Å²) in [5.74, 6) is -0.178. The van der Waals surface area contributed by atoms with Crippen LogP contribution in [0.3, 0.4) is 0 Å². The molecular weight excluding hydrogens is 376 g/mol. The van der Waals surface area contributed by atoms with Crippen molar-refractivity contribution in [3.8, 4) is 5.75 Å². The van der Waals surface area contributed by atoms with Gasteiger partial charge in [0.1, 0.15) is 5.75 Å². The number of aryl methyl sites for hydroxylation is 1. The van der Waals surface area contributed by atoms with Crippen molar-refractivity contribution in [2.24, 2.45) is 0 Å². The molecule has 0 unspecified atom stereocenters. The molecule has 3 rings (SSSR count). The molecule has 5 nitrogen and oxygen atoms in total. The zero-order chi connectivity index (χ0) is 21.3. The van der Waals surface area contributed by atoms with Crippen molar-refractivity contribution in [3.05, 3.63) is 95.6 Å². The molecule has 0 spiro atoms. The Hall–Kier alpha value is -3.60. The number of amides is 2. The maximum Gasteiger partial charge on any atom is 0.259 e. The SMILES string of the molecule is CCc1ccc([C@H](C)NC(=O)COc2ccccc2C(=O)Nc2ccccc2)cc1. The van der Waals surface area contributed by atoms with Gasteiger partial charge in [-0.3, -0.25) is 9.59 Å². The molecule has 0 radical (unpaired) electrons. The fourth-order valence-corrected chi connectivity index (χ4v) is 3.05. The minimum absolute atomic E-state index is 0.136. The number of nitrogens with one attached hydrogen (secondary N) is 2. The molecule has 5 heteroatoms. The highest BCUT2D eigenvalue weighted by molar-refractivity contribution is 6.06. The number of anilines is 1. The first-order valence-electron chi connectivity index (χ1n) is 10.0. The van der Waals surface area contributed by atoms with E-state index in [9.17, 15) is 9.59 Å². The Morgan fingerprint density at radius 3 is 2.27 bits per heavy atom. The predicted molar refractivity (Wildman–Crippen MR) is 119 cm³/mol. The first-order valence-corrected chi connectivity index (χ1v) is 10.0. The molecular formula is C25H26N2O3. The van der Waals surface area contributed by atoms with Crippen LogP contribution in [0.1, 0.15) is 41.4 Å². The lowest BCUT2D eigenvalue weighted by molar-refractivity contribution is -0.123. The minimum atomic E-state index is -0.290. The predicted octanol–water partition coefficient (Wildman–Crippen LogP) is 4.76. The fraction of sp³-hybridized carbons (Fsp3) is 0.200. The summed E-state index contributed by atoms with van der Waals surface area (Å²) in [6.45, 7) is 3.86. The first-order chi connectivity index (χ1) is 14.6. The van der Waals surface area contributed by atoms with E-state index >= 15 is 0 Å². The third-order valence-electron chi connectivity index (χ3n) is 4.79. The second kappa shape index (κ2) is 10.3. The molecule has 0 saturated heterocycles. The molecule has 30 heavy (non-hydrogen) atoms. The molecule has 1 atom stereocenters. The van der Waals surface area contributed by atoms with E-state index in [0.29, 0.717) is 17.0 Å². The van der Waals surface area contributed by atoms with Crippen molar-refractivity contribution in [2.45, 2.75) is 26.3 Å². The Bertz CT molecular complexity index is 985. The van der Waals surface area contributed by atoms with Gasteiger partial charge in [0.05, 0.1) is 11.6 Å². The van der Waals surface area contributed by atoms with Gasteiger partial charge >= 0.3 is 0 Å². The van der Waals surface area contributed by atoms with Gasteiger partial charge in [0.15, 0.2) is 6.61 Å². The van der Waals surface area contributed by atoms with E-state index in [2.05, 4.69) is 29.7 Å². The summed E-state index contributed by atoms with van der Waals surface area (Å²) in [5, 5.41) is 5.76. The van der Waals surface area contributed by atoms with Crippen molar-refractivity contribution in [1.82, 2.24) is 5.32 Å². The number of para-hydroxylation sites is 2. The Labute approximate surface area is 177 Å². The number of hydrogen-bond acceptors (Lipinski definition) is 3. The highest BCUT2D eigenvalue weighted by Crippen LogP contribution is 2.20. The molecule has 2 amide bonds. The smallest absolute Gasteiger partial charge is 0.259 e. The van der Waals surface area contributed by atoms with Crippen LogP contribution in [0.5, 0.6) is 5.75 Å². The van der Waals surface area contributed by atoms with Crippen molar-refractivity contribution in [2.75, 3.05) is 11.9 Å². The number of rotatable bonds is 8. The van der Waals surface area contributed by atoms with E-state index in [4.69, 9.17) is 4.74 Å². The average molecular weight is 402 g/mol. The summed E-state index contributed by atoms with van der Waals surface area (Å²) in [5.41, 5.74) is 3.35. The third kappa shape index (κ3) is 5.70. The van der Waals surface area contributed by atoms with Crippen LogP contribution in [0, 0.1) is 0 Å². The molecule has 2 N–H and O–H groups in total. The molecule has 0 aliphatic heterocycles. The van der Waals surface area contributed by atoms with Crippen LogP contribution in [0.2, 0.25) is 0 Å². The highest BCUT2D eigenvalue weighted by atomic mass is 16.5. The van der Waals surface area contributed by atoms with Crippen molar-refractivity contribution in [1.29, 1.82) is 0 Å². The van der Waals surface area contributed by atoms with Crippen molar-refractivity contribution < 1.29 is 14.3 Å². The first kappa shape index (κ1) is 21.1. The standard InChI is InChI=1S/C25H26N2O3/c1-3-19-13-15-20(16-14-19)18(2)26-24(28)17-30-23-12-8-7-11-22(23)25(29)27-21-9-5-4-6-10-21/h4-16,18H,3,17H2,1-2H3,(H,26,28)(H,27,29)/t18-/m0/s1. The molecule has 0 aromatic heterocycles. The van der Waals surface area contributed by atoms with Gasteiger partial charge in [0, 0.05) is 5.69 Å². The number of benzene rings is 3. The molecule has 0 aliphatic rings. The fourth-order valence-electron chi connectivity index (χ4n) is 3.05. The van der Waals surface area contributed by atoms with Gasteiger partial charge in [-0.1, -0.05) is 61.5 Å². The van der Waals surface area contributed by atoms with Gasteiger partial charge in [-0.25, -0.2) is 0 Å². The Kier molecular flexibility index (Phi) is 7.22. The van der Waals surface area contributed by atoms with Crippen LogP contribution in [0.15, 0.2) is 78.9 Å². The van der Waals surface area contributed by atoms with Gasteiger partial charge in [0.2, 0.25) is 0 Å². The van der Waals surface area contributed by atoms with Gasteiger partial charge in [-0.05, 0) is 48.7 Å². The number of ether oxygens (including phenoxy) is 1. The van der Waals surface area contributed by atoms with E-state index in [1.165, 1.54) is 5.56 Å². The molecule has 3 aromatic rings. The Morgan fingerprint density at radius 1 is 0.900 bits per heavy atom. The third-order valence-corrected chi connectivity index (χ3v) is 4.79. The summed E-state index contributed by atoms with van der Waals surface area (Å²) in [4.78, 5) is 25.0. The summed E-state index contributed by atoms with van der Waals surface area (Å²) in [6, 6.07) is 24.1. The maximum atomic E-state index is 12.6. The summed E-state index contributed by atoms with van der Waals surface area (Å²) >= 11 is 0. The van der Waals surface area contributed by atoms with Crippen LogP contribution in [0.25, 0.3) is 0 Å². The van der Waals surface area contributed by atoms with E-state index in [-0.39, 0.29) is 24.5 Å². The lowest BCUT2D eigenvalue weighted by Crippen LogP contribution is -2.31. The molecule has 0 fully saturated rings. The topological polar surface area (TPSA) is 67.4 Å². The number of carbonyl (C=O) groups is 2. The quantitative estimate of drug-likeness (QED) is 0.571. The van der Waals surface area contributed by atoms with Crippen molar-refractivity contribution in [3.63, 3.8) is 0 Å².